The van der Waals surface area contributed by atoms with Crippen molar-refractivity contribution >= 4 is 46.4 Å². The van der Waals surface area contributed by atoms with Gasteiger partial charge in [-0.25, -0.2) is 0 Å². The van der Waals surface area contributed by atoms with Crippen molar-refractivity contribution < 1.29 is 12.3 Å². The lowest BCUT2D eigenvalue weighted by atomic mass is 10.1. The quantitative estimate of drug-likeness (QED) is 0.400. The summed E-state index contributed by atoms with van der Waals surface area (Å²) in [7, 11) is -8.90. The van der Waals surface area contributed by atoms with E-state index in [1.165, 1.54) is 16.3 Å². The second kappa shape index (κ2) is 8.89. The van der Waals surface area contributed by atoms with Crippen LogP contribution in [0.2, 0.25) is 13.1 Å². The SMILES string of the molecule is Cc1cccc([Si]2(c3ccccc3)O[Si](C)(C)O[Si](c3ccccc3)(c3ccccc3)O2)c1C. The Balaban J connectivity index is 1.85. The van der Waals surface area contributed by atoms with Crippen LogP contribution in [0.25, 0.3) is 0 Å². The van der Waals surface area contributed by atoms with Crippen LogP contribution in [0.3, 0.4) is 0 Å². The average molecular weight is 499 g/mol. The standard InChI is InChI=1S/C28H30O3Si3/c1-23-15-14-22-28(24(23)2)34(27-20-12-7-13-21-27)30-32(3,4)29-33(31-34,25-16-8-5-9-17-25)26-18-10-6-11-19-26/h5-22H,1-4H3. The molecule has 0 radical (unpaired) electrons. The zero-order chi connectivity index (χ0) is 23.8. The molecule has 1 unspecified atom stereocenters. The number of hydrogen-bond acceptors (Lipinski definition) is 3. The minimum absolute atomic E-state index is 1.11. The van der Waals surface area contributed by atoms with Gasteiger partial charge in [0.25, 0.3) is 0 Å². The minimum atomic E-state index is -3.15. The Labute approximate surface area is 205 Å². The van der Waals surface area contributed by atoms with Crippen LogP contribution in [0.5, 0.6) is 0 Å². The van der Waals surface area contributed by atoms with E-state index in [0.29, 0.717) is 0 Å². The van der Waals surface area contributed by atoms with Crippen molar-refractivity contribution in [3.05, 3.63) is 120 Å². The largest absolute Gasteiger partial charge is 0.409 e. The number of hydrogen-bond donors (Lipinski definition) is 0. The van der Waals surface area contributed by atoms with Gasteiger partial charge in [0.15, 0.2) is 0 Å². The summed E-state index contributed by atoms with van der Waals surface area (Å²) < 4.78 is 21.8. The molecule has 0 N–H and O–H groups in total. The summed E-state index contributed by atoms with van der Waals surface area (Å²) >= 11 is 0. The summed E-state index contributed by atoms with van der Waals surface area (Å²) in [5.41, 5.74) is 2.47. The van der Waals surface area contributed by atoms with Crippen LogP contribution in [-0.2, 0) is 12.3 Å². The molecule has 0 saturated carbocycles. The van der Waals surface area contributed by atoms with Crippen LogP contribution in [-0.4, -0.2) is 25.7 Å². The van der Waals surface area contributed by atoms with Gasteiger partial charge in [-0.2, -0.15) is 0 Å². The van der Waals surface area contributed by atoms with Gasteiger partial charge in [0.2, 0.25) is 0 Å². The smallest absolute Gasteiger partial charge is 0.390 e. The highest BCUT2D eigenvalue weighted by atomic mass is 28.5. The van der Waals surface area contributed by atoms with E-state index in [9.17, 15) is 0 Å². The maximum atomic E-state index is 7.55. The predicted octanol–water partition coefficient (Wildman–Crippen LogP) is 3.88. The van der Waals surface area contributed by atoms with Crippen molar-refractivity contribution in [2.24, 2.45) is 0 Å². The van der Waals surface area contributed by atoms with Crippen molar-refractivity contribution in [1.82, 2.24) is 0 Å². The highest BCUT2D eigenvalue weighted by Gasteiger charge is 2.63. The summed E-state index contributed by atoms with van der Waals surface area (Å²) in [5, 5.41) is 4.52. The van der Waals surface area contributed by atoms with E-state index in [4.69, 9.17) is 12.3 Å². The van der Waals surface area contributed by atoms with E-state index in [0.717, 1.165) is 15.6 Å². The number of benzene rings is 4. The third-order valence-corrected chi connectivity index (χ3v) is 19.6. The van der Waals surface area contributed by atoms with Crippen LogP contribution < -0.4 is 20.7 Å². The lowest BCUT2D eigenvalue weighted by Gasteiger charge is -2.52. The summed E-state index contributed by atoms with van der Waals surface area (Å²) in [4.78, 5) is 0. The van der Waals surface area contributed by atoms with Crippen LogP contribution >= 0.6 is 0 Å². The molecule has 3 nitrogen and oxygen atoms in total. The van der Waals surface area contributed by atoms with Crippen LogP contribution in [0, 0.1) is 13.8 Å². The van der Waals surface area contributed by atoms with E-state index in [-0.39, 0.29) is 0 Å². The monoisotopic (exact) mass is 498 g/mol. The Morgan fingerprint density at radius 1 is 0.471 bits per heavy atom. The van der Waals surface area contributed by atoms with Crippen molar-refractivity contribution in [1.29, 1.82) is 0 Å². The molecule has 1 fully saturated rings. The first-order valence-corrected chi connectivity index (χ1v) is 18.2. The maximum Gasteiger partial charge on any atom is 0.390 e. The Morgan fingerprint density at radius 2 is 0.912 bits per heavy atom. The van der Waals surface area contributed by atoms with E-state index in [2.05, 4.69) is 124 Å². The topological polar surface area (TPSA) is 27.7 Å². The van der Waals surface area contributed by atoms with Crippen LogP contribution in [0.1, 0.15) is 11.1 Å². The fourth-order valence-corrected chi connectivity index (χ4v) is 20.9. The molecule has 0 amide bonds. The fourth-order valence-electron chi connectivity index (χ4n) is 4.82. The molecule has 4 aromatic carbocycles. The molecule has 0 spiro atoms. The molecule has 5 rings (SSSR count). The number of rotatable bonds is 4. The third-order valence-electron chi connectivity index (χ3n) is 6.49. The van der Waals surface area contributed by atoms with Gasteiger partial charge >= 0.3 is 25.7 Å². The molecule has 1 heterocycles. The molecule has 6 heteroatoms. The summed E-state index contributed by atoms with van der Waals surface area (Å²) in [5.74, 6) is 0. The van der Waals surface area contributed by atoms with E-state index >= 15 is 0 Å². The molecule has 0 aromatic heterocycles. The second-order valence-electron chi connectivity index (χ2n) is 9.28. The van der Waals surface area contributed by atoms with Crippen molar-refractivity contribution in [2.75, 3.05) is 0 Å². The second-order valence-corrected chi connectivity index (χ2v) is 19.3. The molecular formula is C28H30O3Si3. The predicted molar refractivity (Wildman–Crippen MR) is 146 cm³/mol. The van der Waals surface area contributed by atoms with E-state index in [1.54, 1.807) is 0 Å². The first-order chi connectivity index (χ1) is 16.4. The van der Waals surface area contributed by atoms with E-state index in [1.807, 2.05) is 12.1 Å². The van der Waals surface area contributed by atoms with Gasteiger partial charge < -0.3 is 12.3 Å². The van der Waals surface area contributed by atoms with Gasteiger partial charge in [-0.3, -0.25) is 0 Å². The molecule has 4 aromatic rings. The lowest BCUT2D eigenvalue weighted by Crippen LogP contribution is -2.83. The molecule has 1 aliphatic heterocycles. The van der Waals surface area contributed by atoms with Gasteiger partial charge in [0.1, 0.15) is 0 Å². The van der Waals surface area contributed by atoms with Gasteiger partial charge in [0, 0.05) is 5.19 Å². The molecule has 1 saturated heterocycles. The zero-order valence-corrected chi connectivity index (χ0v) is 23.1. The maximum absolute atomic E-state index is 7.55. The molecule has 34 heavy (non-hydrogen) atoms. The Bertz CT molecular complexity index is 1240. The minimum Gasteiger partial charge on any atom is -0.409 e. The first-order valence-electron chi connectivity index (χ1n) is 11.7. The molecular weight excluding hydrogens is 469 g/mol. The average Bonchev–Trinajstić information content (AvgIpc) is 2.86. The lowest BCUT2D eigenvalue weighted by molar-refractivity contribution is 0.257. The van der Waals surface area contributed by atoms with Crippen molar-refractivity contribution in [3.8, 4) is 0 Å². The molecule has 0 bridgehead atoms. The summed E-state index contributed by atoms with van der Waals surface area (Å²) in [6.45, 7) is 8.68. The van der Waals surface area contributed by atoms with Gasteiger partial charge in [-0.15, -0.1) is 0 Å². The first kappa shape index (κ1) is 23.2. The van der Waals surface area contributed by atoms with E-state index < -0.39 is 25.7 Å². The molecule has 172 valence electrons. The van der Waals surface area contributed by atoms with Crippen LogP contribution in [0.4, 0.5) is 0 Å². The summed E-state index contributed by atoms with van der Waals surface area (Å²) in [6, 6.07) is 38.1. The third kappa shape index (κ3) is 3.96. The molecule has 0 aliphatic carbocycles. The fraction of sp³-hybridized carbons (Fsp3) is 0.143. The van der Waals surface area contributed by atoms with Gasteiger partial charge in [-0.05, 0) is 53.6 Å². The number of aryl methyl sites for hydroxylation is 1. The highest BCUT2D eigenvalue weighted by molar-refractivity contribution is 7.11. The summed E-state index contributed by atoms with van der Waals surface area (Å²) in [6.07, 6.45) is 0. The molecule has 1 atom stereocenters. The Morgan fingerprint density at radius 3 is 1.41 bits per heavy atom. The van der Waals surface area contributed by atoms with Gasteiger partial charge in [0.05, 0.1) is 0 Å². The molecule has 1 aliphatic rings. The highest BCUT2D eigenvalue weighted by Crippen LogP contribution is 2.31. The van der Waals surface area contributed by atoms with Gasteiger partial charge in [-0.1, -0.05) is 109 Å². The van der Waals surface area contributed by atoms with Crippen molar-refractivity contribution in [3.63, 3.8) is 0 Å². The van der Waals surface area contributed by atoms with Crippen LogP contribution in [0.15, 0.2) is 109 Å². The Kier molecular flexibility index (Phi) is 6.05. The van der Waals surface area contributed by atoms with Crippen molar-refractivity contribution in [2.45, 2.75) is 26.9 Å². The zero-order valence-electron chi connectivity index (χ0n) is 20.1. The normalized spacial score (nSPS) is 21.2. The Hall–Kier alpha value is -2.59.